The van der Waals surface area contributed by atoms with Crippen LogP contribution in [0.15, 0.2) is 0 Å². The third-order valence-electron chi connectivity index (χ3n) is 2.64. The van der Waals surface area contributed by atoms with Gasteiger partial charge in [0.05, 0.1) is 0 Å². The van der Waals surface area contributed by atoms with Crippen molar-refractivity contribution >= 4 is 12.6 Å². The van der Waals surface area contributed by atoms with Gasteiger partial charge in [-0.05, 0) is 18.3 Å². The molecule has 1 atom stereocenters. The molecule has 0 saturated carbocycles. The first-order valence-electron chi connectivity index (χ1n) is 3.92. The van der Waals surface area contributed by atoms with E-state index in [1.807, 2.05) is 0 Å². The van der Waals surface area contributed by atoms with Crippen molar-refractivity contribution in [3.8, 4) is 0 Å². The van der Waals surface area contributed by atoms with Gasteiger partial charge in [-0.25, -0.2) is 0 Å². The monoisotopic (exact) mass is 160 g/mol. The summed E-state index contributed by atoms with van der Waals surface area (Å²) in [5.74, 6) is 0.621. The zero-order chi connectivity index (χ0) is 8.58. The van der Waals surface area contributed by atoms with Crippen LogP contribution in [0.1, 0.15) is 41.5 Å². The van der Waals surface area contributed by atoms with Crippen LogP contribution in [0, 0.1) is 11.3 Å². The van der Waals surface area contributed by atoms with Crippen molar-refractivity contribution in [2.45, 2.75) is 46.3 Å². The molecule has 0 aliphatic heterocycles. The lowest BCUT2D eigenvalue weighted by Crippen LogP contribution is -2.39. The normalized spacial score (nSPS) is 19.2. The van der Waals surface area contributed by atoms with E-state index in [0.29, 0.717) is 5.92 Å². The second-order valence-corrected chi connectivity index (χ2v) is 5.48. The maximum atomic E-state index is 4.66. The minimum atomic E-state index is 0.132. The highest BCUT2D eigenvalue weighted by Crippen LogP contribution is 2.41. The summed E-state index contributed by atoms with van der Waals surface area (Å²) in [5, 5.41) is 0. The summed E-state index contributed by atoms with van der Waals surface area (Å²) in [6.07, 6.45) is 0. The Kier molecular flexibility index (Phi) is 2.86. The van der Waals surface area contributed by atoms with Gasteiger partial charge in [0.1, 0.15) is 0 Å². The Morgan fingerprint density at radius 1 is 1.00 bits per heavy atom. The summed E-state index contributed by atoms with van der Waals surface area (Å²) >= 11 is 4.66. The van der Waals surface area contributed by atoms with Gasteiger partial charge in [0, 0.05) is 4.75 Å². The van der Waals surface area contributed by atoms with Crippen molar-refractivity contribution in [2.24, 2.45) is 11.3 Å². The zero-order valence-electron chi connectivity index (χ0n) is 8.02. The number of thiol groups is 1. The van der Waals surface area contributed by atoms with E-state index in [0.717, 1.165) is 0 Å². The molecule has 0 aliphatic rings. The van der Waals surface area contributed by atoms with Crippen molar-refractivity contribution in [3.05, 3.63) is 0 Å². The lowest BCUT2D eigenvalue weighted by molar-refractivity contribution is 0.241. The van der Waals surface area contributed by atoms with Gasteiger partial charge in [0.25, 0.3) is 0 Å². The van der Waals surface area contributed by atoms with E-state index < -0.39 is 0 Å². The molecule has 0 heterocycles. The number of hydrogen-bond acceptors (Lipinski definition) is 1. The highest BCUT2D eigenvalue weighted by molar-refractivity contribution is 7.81. The quantitative estimate of drug-likeness (QED) is 0.559. The summed E-state index contributed by atoms with van der Waals surface area (Å²) in [7, 11) is 0. The Bertz CT molecular complexity index is 106. The van der Waals surface area contributed by atoms with Crippen LogP contribution in [-0.2, 0) is 0 Å². The Morgan fingerprint density at radius 2 is 1.30 bits per heavy atom. The molecule has 0 spiro atoms. The van der Waals surface area contributed by atoms with Crippen molar-refractivity contribution < 1.29 is 0 Å². The molecule has 62 valence electrons. The Balaban J connectivity index is 4.40. The van der Waals surface area contributed by atoms with E-state index in [2.05, 4.69) is 54.2 Å². The topological polar surface area (TPSA) is 0 Å². The molecular formula is C9H20S. The second-order valence-electron chi connectivity index (χ2n) is 4.55. The van der Waals surface area contributed by atoms with E-state index >= 15 is 0 Å². The number of rotatable bonds is 1. The summed E-state index contributed by atoms with van der Waals surface area (Å²) in [5.41, 5.74) is 0.282. The fourth-order valence-electron chi connectivity index (χ4n) is 0.866. The van der Waals surface area contributed by atoms with Gasteiger partial charge in [0.2, 0.25) is 0 Å². The minimum Gasteiger partial charge on any atom is -0.172 e. The minimum absolute atomic E-state index is 0.132. The lowest BCUT2D eigenvalue weighted by Gasteiger charge is -2.41. The molecule has 0 fully saturated rings. The molecule has 0 bridgehead atoms. The fourth-order valence-corrected chi connectivity index (χ4v) is 0.866. The average Bonchev–Trinajstić information content (AvgIpc) is 1.62. The predicted octanol–water partition coefficient (Wildman–Crippen LogP) is 3.38. The van der Waals surface area contributed by atoms with Crippen LogP contribution in [0.2, 0.25) is 0 Å². The lowest BCUT2D eigenvalue weighted by atomic mass is 9.75. The SMILES string of the molecule is CC(C)C(C)(S)C(C)(C)C. The highest BCUT2D eigenvalue weighted by Gasteiger charge is 2.36. The molecular weight excluding hydrogens is 140 g/mol. The van der Waals surface area contributed by atoms with E-state index in [1.54, 1.807) is 0 Å². The molecule has 0 radical (unpaired) electrons. The molecule has 0 aromatic heterocycles. The number of hydrogen-bond donors (Lipinski definition) is 1. The summed E-state index contributed by atoms with van der Waals surface area (Å²) in [6.45, 7) is 13.4. The van der Waals surface area contributed by atoms with Gasteiger partial charge in [-0.1, -0.05) is 34.6 Å². The molecule has 0 rings (SSSR count). The molecule has 0 aromatic carbocycles. The third kappa shape index (κ3) is 1.91. The Morgan fingerprint density at radius 3 is 1.30 bits per heavy atom. The van der Waals surface area contributed by atoms with Crippen molar-refractivity contribution in [3.63, 3.8) is 0 Å². The second kappa shape index (κ2) is 2.77. The first kappa shape index (κ1) is 10.3. The van der Waals surface area contributed by atoms with E-state index in [9.17, 15) is 0 Å². The molecule has 1 unspecified atom stereocenters. The van der Waals surface area contributed by atoms with Gasteiger partial charge >= 0.3 is 0 Å². The van der Waals surface area contributed by atoms with Crippen molar-refractivity contribution in [1.82, 2.24) is 0 Å². The fraction of sp³-hybridized carbons (Fsp3) is 1.00. The summed E-state index contributed by atoms with van der Waals surface area (Å²) in [4.78, 5) is 0. The molecule has 0 aromatic rings. The molecule has 0 aliphatic carbocycles. The standard InChI is InChI=1S/C9H20S/c1-7(2)9(6,10)8(3,4)5/h7,10H,1-6H3. The third-order valence-corrected chi connectivity index (χ3v) is 3.83. The average molecular weight is 160 g/mol. The van der Waals surface area contributed by atoms with Gasteiger partial charge in [-0.3, -0.25) is 0 Å². The zero-order valence-corrected chi connectivity index (χ0v) is 8.92. The van der Waals surface area contributed by atoms with Gasteiger partial charge in [0.15, 0.2) is 0 Å². The molecule has 0 amide bonds. The Labute approximate surface area is 70.8 Å². The van der Waals surface area contributed by atoms with Crippen molar-refractivity contribution in [1.29, 1.82) is 0 Å². The van der Waals surface area contributed by atoms with Gasteiger partial charge < -0.3 is 0 Å². The maximum Gasteiger partial charge on any atom is 0.0173 e. The molecule has 0 nitrogen and oxygen atoms in total. The van der Waals surface area contributed by atoms with E-state index in [-0.39, 0.29) is 10.2 Å². The first-order chi connectivity index (χ1) is 4.19. The largest absolute Gasteiger partial charge is 0.172 e. The van der Waals surface area contributed by atoms with Crippen LogP contribution in [-0.4, -0.2) is 4.75 Å². The molecule has 0 saturated heterocycles. The highest BCUT2D eigenvalue weighted by atomic mass is 32.1. The molecule has 10 heavy (non-hydrogen) atoms. The molecule has 0 N–H and O–H groups in total. The van der Waals surface area contributed by atoms with Crippen LogP contribution in [0.4, 0.5) is 0 Å². The molecule has 1 heteroatoms. The summed E-state index contributed by atoms with van der Waals surface area (Å²) in [6, 6.07) is 0. The van der Waals surface area contributed by atoms with E-state index in [1.165, 1.54) is 0 Å². The van der Waals surface area contributed by atoms with Crippen LogP contribution < -0.4 is 0 Å². The van der Waals surface area contributed by atoms with Crippen LogP contribution in [0.25, 0.3) is 0 Å². The first-order valence-corrected chi connectivity index (χ1v) is 4.36. The smallest absolute Gasteiger partial charge is 0.0173 e. The van der Waals surface area contributed by atoms with Crippen LogP contribution >= 0.6 is 12.6 Å². The van der Waals surface area contributed by atoms with Gasteiger partial charge in [-0.2, -0.15) is 12.6 Å². The maximum absolute atomic E-state index is 4.66. The van der Waals surface area contributed by atoms with Crippen molar-refractivity contribution in [2.75, 3.05) is 0 Å². The predicted molar refractivity (Wildman–Crippen MR) is 51.7 cm³/mol. The van der Waals surface area contributed by atoms with Crippen LogP contribution in [0.5, 0.6) is 0 Å². The Hall–Kier alpha value is 0.350. The van der Waals surface area contributed by atoms with E-state index in [4.69, 9.17) is 0 Å². The summed E-state index contributed by atoms with van der Waals surface area (Å²) < 4.78 is 0.132. The van der Waals surface area contributed by atoms with Gasteiger partial charge in [-0.15, -0.1) is 0 Å². The van der Waals surface area contributed by atoms with Crippen LogP contribution in [0.3, 0.4) is 0 Å².